The van der Waals surface area contributed by atoms with Gasteiger partial charge < -0.3 is 20.1 Å². The molecule has 2 unspecified atom stereocenters. The minimum atomic E-state index is -1.07. The minimum Gasteiger partial charge on any atom is -0.394 e. The molecule has 3 aromatic rings. The molecule has 1 aromatic heterocycles. The normalized spacial score (nSPS) is 13.6. The van der Waals surface area contributed by atoms with Crippen molar-refractivity contribution in [1.82, 2.24) is 9.88 Å². The van der Waals surface area contributed by atoms with Gasteiger partial charge in [0, 0.05) is 42.4 Å². The number of nitrogens with one attached hydrogen (secondary N) is 1. The summed E-state index contributed by atoms with van der Waals surface area (Å²) in [5, 5.41) is 24.3. The number of halogens is 2. The Kier molecular flexibility index (Phi) is 8.86. The van der Waals surface area contributed by atoms with Gasteiger partial charge in [0.25, 0.3) is 5.91 Å². The summed E-state index contributed by atoms with van der Waals surface area (Å²) in [7, 11) is 1.56. The highest BCUT2D eigenvalue weighted by Crippen LogP contribution is 2.37. The molecule has 35 heavy (non-hydrogen) atoms. The van der Waals surface area contributed by atoms with E-state index in [1.807, 2.05) is 0 Å². The van der Waals surface area contributed by atoms with Crippen LogP contribution in [0.1, 0.15) is 45.4 Å². The van der Waals surface area contributed by atoms with E-state index >= 15 is 0 Å². The Bertz CT molecular complexity index is 1250. The molecule has 0 fully saturated rings. The van der Waals surface area contributed by atoms with E-state index < -0.39 is 36.4 Å². The fourth-order valence-electron chi connectivity index (χ4n) is 3.75. The van der Waals surface area contributed by atoms with E-state index in [1.54, 1.807) is 43.4 Å². The first kappa shape index (κ1) is 26.2. The van der Waals surface area contributed by atoms with Gasteiger partial charge in [-0.15, -0.1) is 0 Å². The number of nitroso groups, excluding NO2 is 1. The molecule has 1 amide bonds. The Morgan fingerprint density at radius 3 is 2.43 bits per heavy atom. The van der Waals surface area contributed by atoms with Crippen molar-refractivity contribution in [3.8, 4) is 0 Å². The van der Waals surface area contributed by atoms with Crippen LogP contribution >= 0.6 is 11.6 Å². The maximum absolute atomic E-state index is 14.9. The summed E-state index contributed by atoms with van der Waals surface area (Å²) in [5.41, 5.74) is 1.52. The van der Waals surface area contributed by atoms with Crippen LogP contribution in [0.2, 0.25) is 5.02 Å². The second kappa shape index (κ2) is 11.8. The average Bonchev–Trinajstić information content (AvgIpc) is 2.85. The highest BCUT2D eigenvalue weighted by Gasteiger charge is 2.25. The van der Waals surface area contributed by atoms with Gasteiger partial charge in [0.2, 0.25) is 5.56 Å². The van der Waals surface area contributed by atoms with Crippen molar-refractivity contribution in [2.24, 2.45) is 12.2 Å². The number of pyridine rings is 1. The van der Waals surface area contributed by atoms with E-state index in [1.165, 1.54) is 29.0 Å². The summed E-state index contributed by atoms with van der Waals surface area (Å²) >= 11 is 5.93. The van der Waals surface area contributed by atoms with Crippen molar-refractivity contribution in [1.29, 1.82) is 0 Å². The van der Waals surface area contributed by atoms with Gasteiger partial charge in [-0.25, -0.2) is 4.39 Å². The molecule has 0 aliphatic carbocycles. The van der Waals surface area contributed by atoms with Gasteiger partial charge in [0.05, 0.1) is 12.7 Å². The number of benzene rings is 2. The minimum absolute atomic E-state index is 0.106. The van der Waals surface area contributed by atoms with Crippen LogP contribution in [0, 0.1) is 10.7 Å². The summed E-state index contributed by atoms with van der Waals surface area (Å²) in [6.07, 6.45) is 0.563. The van der Waals surface area contributed by atoms with Crippen molar-refractivity contribution in [2.45, 2.75) is 24.5 Å². The monoisotopic (exact) mass is 501 g/mol. The van der Waals surface area contributed by atoms with E-state index in [0.717, 1.165) is 0 Å². The molecule has 0 bridgehead atoms. The molecular formula is C25H25ClFN3O5. The smallest absolute Gasteiger partial charge is 0.251 e. The molecule has 0 radical (unpaired) electrons. The number of carbonyl (C=O) groups excluding carboxylic acids is 1. The molecule has 0 aliphatic rings. The summed E-state index contributed by atoms with van der Waals surface area (Å²) < 4.78 is 16.3. The quantitative estimate of drug-likeness (QED) is 0.368. The zero-order valence-electron chi connectivity index (χ0n) is 18.9. The lowest BCUT2D eigenvalue weighted by Crippen LogP contribution is -2.33. The first-order valence-corrected chi connectivity index (χ1v) is 11.2. The second-order valence-electron chi connectivity index (χ2n) is 8.16. The molecule has 3 N–H and O–H groups in total. The van der Waals surface area contributed by atoms with Crippen LogP contribution in [0.15, 0.2) is 70.8 Å². The third-order valence-electron chi connectivity index (χ3n) is 5.70. The highest BCUT2D eigenvalue weighted by atomic mass is 35.5. The number of amides is 1. The number of nitrogens with zero attached hydrogens (tertiary/aromatic N) is 2. The molecule has 0 saturated heterocycles. The highest BCUT2D eigenvalue weighted by molar-refractivity contribution is 6.30. The molecular weight excluding hydrogens is 477 g/mol. The van der Waals surface area contributed by atoms with Crippen LogP contribution in [0.4, 0.5) is 4.39 Å². The van der Waals surface area contributed by atoms with Crippen molar-refractivity contribution >= 4 is 17.5 Å². The Labute approximate surface area is 206 Å². The lowest BCUT2D eigenvalue weighted by atomic mass is 9.84. The maximum Gasteiger partial charge on any atom is 0.251 e. The van der Waals surface area contributed by atoms with E-state index in [-0.39, 0.29) is 23.5 Å². The molecule has 1 heterocycles. The van der Waals surface area contributed by atoms with Crippen LogP contribution < -0.4 is 10.9 Å². The van der Waals surface area contributed by atoms with Crippen LogP contribution in [-0.4, -0.2) is 39.9 Å². The van der Waals surface area contributed by atoms with E-state index in [2.05, 4.69) is 10.5 Å². The number of hydrogen-bond acceptors (Lipinski definition) is 6. The fourth-order valence-corrected chi connectivity index (χ4v) is 3.91. The van der Waals surface area contributed by atoms with E-state index in [0.29, 0.717) is 22.3 Å². The maximum atomic E-state index is 14.9. The topological polar surface area (TPSA) is 121 Å². The lowest BCUT2D eigenvalue weighted by Gasteiger charge is -2.22. The summed E-state index contributed by atoms with van der Waals surface area (Å²) in [5.74, 6) is -1.61. The first-order chi connectivity index (χ1) is 16.7. The van der Waals surface area contributed by atoms with Crippen molar-refractivity contribution in [3.05, 3.63) is 109 Å². The van der Waals surface area contributed by atoms with Crippen LogP contribution in [0.5, 0.6) is 0 Å². The van der Waals surface area contributed by atoms with Crippen molar-refractivity contribution in [2.75, 3.05) is 13.2 Å². The Morgan fingerprint density at radius 2 is 1.83 bits per heavy atom. The van der Waals surface area contributed by atoms with Gasteiger partial charge >= 0.3 is 0 Å². The van der Waals surface area contributed by atoms with E-state index in [9.17, 15) is 24.0 Å². The molecule has 8 nitrogen and oxygen atoms in total. The van der Waals surface area contributed by atoms with Crippen LogP contribution in [0.3, 0.4) is 0 Å². The molecule has 184 valence electrons. The Balaban J connectivity index is 1.94. The third kappa shape index (κ3) is 6.60. The van der Waals surface area contributed by atoms with Crippen molar-refractivity contribution < 1.29 is 19.4 Å². The SMILES string of the molecule is Cn1cc(C(CC(c2ccc(C(=O)NC[C@@H](O)CO)cc2)c2ccc(Cl)cc2F)N=O)ccc1=O. The van der Waals surface area contributed by atoms with Gasteiger partial charge in [-0.1, -0.05) is 35.0 Å². The molecule has 10 heteroatoms. The molecule has 2 aromatic carbocycles. The van der Waals surface area contributed by atoms with Crippen LogP contribution in [-0.2, 0) is 7.05 Å². The van der Waals surface area contributed by atoms with E-state index in [4.69, 9.17) is 16.7 Å². The summed E-state index contributed by atoms with van der Waals surface area (Å²) in [4.78, 5) is 35.8. The predicted octanol–water partition coefficient (Wildman–Crippen LogP) is 3.29. The predicted molar refractivity (Wildman–Crippen MR) is 130 cm³/mol. The van der Waals surface area contributed by atoms with Gasteiger partial charge in [0.1, 0.15) is 11.9 Å². The largest absolute Gasteiger partial charge is 0.394 e. The summed E-state index contributed by atoms with van der Waals surface area (Å²) in [6.45, 7) is -0.586. The first-order valence-electron chi connectivity index (χ1n) is 10.8. The number of hydrogen-bond donors (Lipinski definition) is 3. The number of aromatic nitrogens is 1. The molecule has 0 spiro atoms. The number of aryl methyl sites for hydroxylation is 1. The Morgan fingerprint density at radius 1 is 1.14 bits per heavy atom. The zero-order valence-corrected chi connectivity index (χ0v) is 19.7. The van der Waals surface area contributed by atoms with Crippen LogP contribution in [0.25, 0.3) is 0 Å². The molecule has 3 atom stereocenters. The van der Waals surface area contributed by atoms with Gasteiger partial charge in [-0.2, -0.15) is 4.91 Å². The second-order valence-corrected chi connectivity index (χ2v) is 8.59. The number of aliphatic hydroxyl groups is 2. The molecule has 3 rings (SSSR count). The third-order valence-corrected chi connectivity index (χ3v) is 5.94. The fraction of sp³-hybridized carbons (Fsp3) is 0.280. The number of rotatable bonds is 10. The number of aliphatic hydroxyl groups excluding tert-OH is 2. The number of carbonyl (C=O) groups is 1. The molecule has 0 aliphatic heterocycles. The van der Waals surface area contributed by atoms with Gasteiger partial charge in [-0.05, 0) is 53.4 Å². The van der Waals surface area contributed by atoms with Crippen molar-refractivity contribution in [3.63, 3.8) is 0 Å². The zero-order chi connectivity index (χ0) is 25.5. The average molecular weight is 502 g/mol. The van der Waals surface area contributed by atoms with Gasteiger partial charge in [0.15, 0.2) is 0 Å². The lowest BCUT2D eigenvalue weighted by molar-refractivity contribution is 0.0802. The summed E-state index contributed by atoms with van der Waals surface area (Å²) in [6, 6.07) is 12.7. The van der Waals surface area contributed by atoms with Gasteiger partial charge in [-0.3, -0.25) is 9.59 Å². The Hall–Kier alpha value is -3.40. The molecule has 0 saturated carbocycles. The standard InChI is InChI=1S/C25H25ClFN3O5/c1-30-13-17(6-9-24(30)33)23(29-35)11-21(20-8-7-18(26)10-22(20)27)15-2-4-16(5-3-15)25(34)28-12-19(32)14-31/h2-10,13,19,21,23,31-32H,11-12,14H2,1H3,(H,28,34)/t19-,21?,23?/m1/s1.